The van der Waals surface area contributed by atoms with E-state index in [1.807, 2.05) is 0 Å². The summed E-state index contributed by atoms with van der Waals surface area (Å²) in [5.74, 6) is -0.586. The van der Waals surface area contributed by atoms with Crippen molar-refractivity contribution in [2.75, 3.05) is 0 Å². The monoisotopic (exact) mass is 309 g/mol. The van der Waals surface area contributed by atoms with Crippen LogP contribution in [0.4, 0.5) is 4.79 Å². The van der Waals surface area contributed by atoms with Gasteiger partial charge in [0.2, 0.25) is 0 Å². The van der Waals surface area contributed by atoms with Crippen molar-refractivity contribution in [3.05, 3.63) is 29.8 Å². The summed E-state index contributed by atoms with van der Waals surface area (Å²) in [7, 11) is 0. The number of carbonyl (C=O) groups is 2. The Hall–Kier alpha value is -2.24. The van der Waals surface area contributed by atoms with Gasteiger partial charge in [0.1, 0.15) is 11.4 Å². The van der Waals surface area contributed by atoms with Crippen LogP contribution in [0, 0.1) is 0 Å². The minimum atomic E-state index is -1.30. The van der Waals surface area contributed by atoms with Crippen LogP contribution < -0.4 is 10.1 Å². The maximum absolute atomic E-state index is 11.5. The average molecular weight is 309 g/mol. The van der Waals surface area contributed by atoms with Gasteiger partial charge in [-0.3, -0.25) is 0 Å². The summed E-state index contributed by atoms with van der Waals surface area (Å²) in [6, 6.07) is 6.84. The number of nitrogens with one attached hydrogen (secondary N) is 1. The van der Waals surface area contributed by atoms with Crippen molar-refractivity contribution in [1.82, 2.24) is 5.32 Å². The topological polar surface area (TPSA) is 84.9 Å². The van der Waals surface area contributed by atoms with Crippen molar-refractivity contribution in [3.8, 4) is 5.75 Å². The third-order valence-corrected chi connectivity index (χ3v) is 2.65. The second-order valence-corrected chi connectivity index (χ2v) is 6.42. The molecule has 0 spiro atoms. The molecular formula is C16H23NO5. The highest BCUT2D eigenvalue weighted by Gasteiger charge is 2.29. The molecule has 2 N–H and O–H groups in total. The summed E-state index contributed by atoms with van der Waals surface area (Å²) in [5.41, 5.74) is -0.980. The van der Waals surface area contributed by atoms with E-state index in [1.54, 1.807) is 45.0 Å². The lowest BCUT2D eigenvalue weighted by atomic mass is 10.1. The molecule has 0 aliphatic heterocycles. The Morgan fingerprint density at radius 2 is 1.64 bits per heavy atom. The number of alkyl carbamates (subject to hydrolysis) is 1. The summed E-state index contributed by atoms with van der Waals surface area (Å²) in [6.07, 6.45) is -0.486. The van der Waals surface area contributed by atoms with E-state index in [-0.39, 0.29) is 0 Å². The van der Waals surface area contributed by atoms with Crippen LogP contribution in [-0.2, 0) is 16.1 Å². The molecule has 0 unspecified atom stereocenters. The van der Waals surface area contributed by atoms with E-state index in [1.165, 1.54) is 13.8 Å². The van der Waals surface area contributed by atoms with Gasteiger partial charge in [0.05, 0.1) is 0 Å². The lowest BCUT2D eigenvalue weighted by Crippen LogP contribution is -2.37. The third kappa shape index (κ3) is 6.03. The fourth-order valence-corrected chi connectivity index (χ4v) is 1.50. The summed E-state index contributed by atoms with van der Waals surface area (Å²) >= 11 is 0. The molecule has 1 rings (SSSR count). The summed E-state index contributed by atoms with van der Waals surface area (Å²) in [6.45, 7) is 8.66. The minimum Gasteiger partial charge on any atom is -0.478 e. The Balaban J connectivity index is 2.56. The van der Waals surface area contributed by atoms with E-state index in [2.05, 4.69) is 5.32 Å². The van der Waals surface area contributed by atoms with Gasteiger partial charge in [-0.25, -0.2) is 9.59 Å². The molecule has 1 aromatic rings. The number of aliphatic carboxylic acids is 1. The first-order chi connectivity index (χ1) is 9.99. The predicted octanol–water partition coefficient (Wildman–Crippen LogP) is 2.95. The fraction of sp³-hybridized carbons (Fsp3) is 0.500. The molecule has 0 atom stereocenters. The van der Waals surface area contributed by atoms with Crippen molar-refractivity contribution >= 4 is 12.1 Å². The molecule has 0 heterocycles. The van der Waals surface area contributed by atoms with Gasteiger partial charge in [-0.15, -0.1) is 0 Å². The van der Waals surface area contributed by atoms with Crippen LogP contribution in [0.15, 0.2) is 24.3 Å². The van der Waals surface area contributed by atoms with Crippen LogP contribution in [0.2, 0.25) is 0 Å². The zero-order chi connectivity index (χ0) is 17.0. The van der Waals surface area contributed by atoms with Gasteiger partial charge < -0.3 is 19.9 Å². The highest BCUT2D eigenvalue weighted by molar-refractivity contribution is 5.76. The molecule has 0 aliphatic carbocycles. The van der Waals surface area contributed by atoms with Gasteiger partial charge >= 0.3 is 12.1 Å². The van der Waals surface area contributed by atoms with E-state index < -0.39 is 23.3 Å². The number of carbonyl (C=O) groups excluding carboxylic acids is 1. The average Bonchev–Trinajstić information content (AvgIpc) is 2.35. The zero-order valence-corrected chi connectivity index (χ0v) is 13.6. The Bertz CT molecular complexity index is 528. The lowest BCUT2D eigenvalue weighted by molar-refractivity contribution is -0.152. The number of carboxylic acids is 1. The molecular weight excluding hydrogens is 286 g/mol. The number of ether oxygens (including phenoxy) is 2. The fourth-order valence-electron chi connectivity index (χ4n) is 1.50. The Labute approximate surface area is 130 Å². The third-order valence-electron chi connectivity index (χ3n) is 2.65. The maximum atomic E-state index is 11.5. The van der Waals surface area contributed by atoms with Crippen LogP contribution >= 0.6 is 0 Å². The van der Waals surface area contributed by atoms with Gasteiger partial charge in [0.15, 0.2) is 5.60 Å². The second kappa shape index (κ2) is 6.68. The largest absolute Gasteiger partial charge is 0.478 e. The molecule has 1 aromatic carbocycles. The second-order valence-electron chi connectivity index (χ2n) is 6.42. The smallest absolute Gasteiger partial charge is 0.407 e. The Morgan fingerprint density at radius 3 is 2.09 bits per heavy atom. The number of rotatable bonds is 5. The number of amides is 1. The molecule has 0 radical (unpaired) electrons. The molecule has 0 saturated heterocycles. The minimum absolute atomic E-state index is 0.317. The van der Waals surface area contributed by atoms with E-state index in [0.29, 0.717) is 12.3 Å². The molecule has 0 aliphatic rings. The summed E-state index contributed by atoms with van der Waals surface area (Å²) < 4.78 is 10.5. The van der Waals surface area contributed by atoms with Gasteiger partial charge in [-0.05, 0) is 52.3 Å². The molecule has 0 fully saturated rings. The number of hydrogen-bond acceptors (Lipinski definition) is 4. The molecule has 22 heavy (non-hydrogen) atoms. The SMILES string of the molecule is CC(C)(C)OC(=O)NCc1ccc(OC(C)(C)C(=O)O)cc1. The highest BCUT2D eigenvalue weighted by atomic mass is 16.6. The normalized spacial score (nSPS) is 11.7. The first kappa shape index (κ1) is 17.8. The first-order valence-electron chi connectivity index (χ1n) is 6.98. The number of hydrogen-bond donors (Lipinski definition) is 2. The van der Waals surface area contributed by atoms with Crippen LogP contribution in [-0.4, -0.2) is 28.4 Å². The predicted molar refractivity (Wildman–Crippen MR) is 81.9 cm³/mol. The molecule has 1 amide bonds. The molecule has 0 saturated carbocycles. The van der Waals surface area contributed by atoms with Crippen LogP contribution in [0.5, 0.6) is 5.75 Å². The Morgan fingerprint density at radius 1 is 1.09 bits per heavy atom. The molecule has 122 valence electrons. The van der Waals surface area contributed by atoms with Gasteiger partial charge in [-0.1, -0.05) is 12.1 Å². The van der Waals surface area contributed by atoms with Gasteiger partial charge in [0.25, 0.3) is 0 Å². The molecule has 6 heteroatoms. The van der Waals surface area contributed by atoms with Crippen molar-refractivity contribution in [2.45, 2.75) is 52.4 Å². The quantitative estimate of drug-likeness (QED) is 0.873. The summed E-state index contributed by atoms with van der Waals surface area (Å²) in [4.78, 5) is 22.5. The van der Waals surface area contributed by atoms with Crippen LogP contribution in [0.3, 0.4) is 0 Å². The zero-order valence-electron chi connectivity index (χ0n) is 13.6. The maximum Gasteiger partial charge on any atom is 0.407 e. The summed E-state index contributed by atoms with van der Waals surface area (Å²) in [5, 5.41) is 11.7. The van der Waals surface area contributed by atoms with Crippen molar-refractivity contribution < 1.29 is 24.2 Å². The Kier molecular flexibility index (Phi) is 5.41. The highest BCUT2D eigenvalue weighted by Crippen LogP contribution is 2.19. The first-order valence-corrected chi connectivity index (χ1v) is 6.98. The molecule has 0 aromatic heterocycles. The molecule has 6 nitrogen and oxygen atoms in total. The lowest BCUT2D eigenvalue weighted by Gasteiger charge is -2.21. The van der Waals surface area contributed by atoms with E-state index >= 15 is 0 Å². The molecule has 0 bridgehead atoms. The number of carboxylic acid groups (broad SMARTS) is 1. The van der Waals surface area contributed by atoms with Crippen LogP contribution in [0.25, 0.3) is 0 Å². The van der Waals surface area contributed by atoms with Crippen molar-refractivity contribution in [1.29, 1.82) is 0 Å². The van der Waals surface area contributed by atoms with Gasteiger partial charge in [0, 0.05) is 6.54 Å². The van der Waals surface area contributed by atoms with Gasteiger partial charge in [-0.2, -0.15) is 0 Å². The van der Waals surface area contributed by atoms with Crippen molar-refractivity contribution in [2.24, 2.45) is 0 Å². The standard InChI is InChI=1S/C16H23NO5/c1-15(2,3)22-14(20)17-10-11-6-8-12(9-7-11)21-16(4,5)13(18)19/h6-9H,10H2,1-5H3,(H,17,20)(H,18,19). The van der Waals surface area contributed by atoms with E-state index in [9.17, 15) is 9.59 Å². The van der Waals surface area contributed by atoms with Crippen molar-refractivity contribution in [3.63, 3.8) is 0 Å². The van der Waals surface area contributed by atoms with E-state index in [0.717, 1.165) is 5.56 Å². The van der Waals surface area contributed by atoms with E-state index in [4.69, 9.17) is 14.6 Å². The number of benzene rings is 1. The van der Waals surface area contributed by atoms with Crippen LogP contribution in [0.1, 0.15) is 40.2 Å².